The number of aromatic amines is 1. The molecular weight excluding hydrogens is 206 g/mol. The molecule has 0 bridgehead atoms. The minimum absolute atomic E-state index is 0.110. The molecule has 0 atom stereocenters. The molecule has 0 aliphatic heterocycles. The number of hydrogen-bond donors (Lipinski definition) is 2. The molecule has 0 aliphatic rings. The van der Waals surface area contributed by atoms with Gasteiger partial charge in [-0.1, -0.05) is 0 Å². The molecule has 1 heterocycles. The lowest BCUT2D eigenvalue weighted by atomic mass is 10.0. The highest BCUT2D eigenvalue weighted by atomic mass is 16.3. The van der Waals surface area contributed by atoms with E-state index in [1.54, 1.807) is 13.0 Å². The number of phenols is 1. The normalized spacial score (nSPS) is 10.6. The van der Waals surface area contributed by atoms with Crippen molar-refractivity contribution in [3.8, 4) is 5.75 Å². The highest BCUT2D eigenvalue weighted by Crippen LogP contribution is 2.26. The van der Waals surface area contributed by atoms with Crippen LogP contribution in [-0.4, -0.2) is 15.9 Å². The Morgan fingerprint density at radius 2 is 2.06 bits per heavy atom. The number of ketones is 1. The molecule has 0 saturated carbocycles. The molecule has 4 heteroatoms. The van der Waals surface area contributed by atoms with Crippen LogP contribution in [0.5, 0.6) is 5.75 Å². The number of aromatic hydroxyl groups is 1. The Kier molecular flexibility index (Phi) is 2.27. The number of nitrogens with one attached hydrogen (secondary N) is 1. The van der Waals surface area contributed by atoms with E-state index in [-0.39, 0.29) is 22.7 Å². The van der Waals surface area contributed by atoms with Gasteiger partial charge in [-0.15, -0.1) is 0 Å². The number of aromatic nitrogens is 1. The molecule has 0 aliphatic carbocycles. The topological polar surface area (TPSA) is 70.2 Å². The molecule has 2 rings (SSSR count). The maximum atomic E-state index is 11.4. The lowest BCUT2D eigenvalue weighted by molar-refractivity contribution is 0.101. The first-order chi connectivity index (χ1) is 7.50. The van der Waals surface area contributed by atoms with Crippen molar-refractivity contribution < 1.29 is 9.90 Å². The van der Waals surface area contributed by atoms with Gasteiger partial charge >= 0.3 is 0 Å². The van der Waals surface area contributed by atoms with Gasteiger partial charge in [0.15, 0.2) is 5.78 Å². The summed E-state index contributed by atoms with van der Waals surface area (Å²) in [4.78, 5) is 25.3. The van der Waals surface area contributed by atoms with Gasteiger partial charge in [0, 0.05) is 11.5 Å². The average molecular weight is 217 g/mol. The first-order valence-corrected chi connectivity index (χ1v) is 4.87. The van der Waals surface area contributed by atoms with Gasteiger partial charge in [0.2, 0.25) is 5.56 Å². The van der Waals surface area contributed by atoms with E-state index in [2.05, 4.69) is 4.98 Å². The van der Waals surface area contributed by atoms with Crippen molar-refractivity contribution in [3.63, 3.8) is 0 Å². The fourth-order valence-corrected chi connectivity index (χ4v) is 1.84. The first kappa shape index (κ1) is 10.4. The lowest BCUT2D eigenvalue weighted by Crippen LogP contribution is -2.08. The Morgan fingerprint density at radius 1 is 1.38 bits per heavy atom. The second-order valence-corrected chi connectivity index (χ2v) is 3.76. The highest BCUT2D eigenvalue weighted by Gasteiger charge is 2.13. The van der Waals surface area contributed by atoms with E-state index >= 15 is 0 Å². The third-order valence-corrected chi connectivity index (χ3v) is 2.56. The highest BCUT2D eigenvalue weighted by molar-refractivity contribution is 6.08. The van der Waals surface area contributed by atoms with E-state index in [0.29, 0.717) is 5.52 Å². The minimum Gasteiger partial charge on any atom is -0.507 e. The molecule has 2 aromatic rings. The number of fused-ring (bicyclic) bond motifs is 1. The van der Waals surface area contributed by atoms with Crippen LogP contribution in [0, 0.1) is 6.92 Å². The summed E-state index contributed by atoms with van der Waals surface area (Å²) in [6.07, 6.45) is 0. The van der Waals surface area contributed by atoms with Crippen LogP contribution in [-0.2, 0) is 0 Å². The predicted octanol–water partition coefficient (Wildman–Crippen LogP) is 1.74. The Morgan fingerprint density at radius 3 is 2.69 bits per heavy atom. The number of carbonyl (C=O) groups excluding carboxylic acids is 1. The van der Waals surface area contributed by atoms with Crippen LogP contribution < -0.4 is 5.56 Å². The largest absolute Gasteiger partial charge is 0.507 e. The van der Waals surface area contributed by atoms with E-state index in [0.717, 1.165) is 10.9 Å². The van der Waals surface area contributed by atoms with Crippen molar-refractivity contribution in [1.29, 1.82) is 0 Å². The zero-order valence-electron chi connectivity index (χ0n) is 9.00. The molecule has 0 spiro atoms. The van der Waals surface area contributed by atoms with Gasteiger partial charge in [-0.2, -0.15) is 0 Å². The zero-order chi connectivity index (χ0) is 11.9. The molecule has 1 aromatic carbocycles. The molecule has 0 saturated heterocycles. The van der Waals surface area contributed by atoms with E-state index in [9.17, 15) is 14.7 Å². The molecule has 82 valence electrons. The van der Waals surface area contributed by atoms with Crippen molar-refractivity contribution in [1.82, 2.24) is 4.98 Å². The van der Waals surface area contributed by atoms with Gasteiger partial charge in [0.1, 0.15) is 5.75 Å². The van der Waals surface area contributed by atoms with Crippen molar-refractivity contribution in [2.45, 2.75) is 13.8 Å². The molecule has 0 unspecified atom stereocenters. The summed E-state index contributed by atoms with van der Waals surface area (Å²) in [6, 6.07) is 4.61. The standard InChI is InChI=1S/C12H11NO3/c1-6-5-10(16)13-12-8(6)3-4-9(15)11(12)7(2)14/h3-5,15H,1-2H3,(H,13,16). The van der Waals surface area contributed by atoms with E-state index in [1.165, 1.54) is 19.1 Å². The van der Waals surface area contributed by atoms with Crippen molar-refractivity contribution in [2.75, 3.05) is 0 Å². The minimum atomic E-state index is -0.280. The van der Waals surface area contributed by atoms with Gasteiger partial charge in [0.25, 0.3) is 0 Å². The third kappa shape index (κ3) is 1.48. The average Bonchev–Trinajstić information content (AvgIpc) is 2.15. The van der Waals surface area contributed by atoms with Crippen LogP contribution in [0.1, 0.15) is 22.8 Å². The van der Waals surface area contributed by atoms with Gasteiger partial charge < -0.3 is 10.1 Å². The Bertz CT molecular complexity index is 640. The third-order valence-electron chi connectivity index (χ3n) is 2.56. The summed E-state index contributed by atoms with van der Waals surface area (Å²) >= 11 is 0. The van der Waals surface area contributed by atoms with Crippen LogP contribution in [0.25, 0.3) is 10.9 Å². The molecule has 4 nitrogen and oxygen atoms in total. The first-order valence-electron chi connectivity index (χ1n) is 4.87. The fourth-order valence-electron chi connectivity index (χ4n) is 1.84. The van der Waals surface area contributed by atoms with E-state index < -0.39 is 0 Å². The van der Waals surface area contributed by atoms with Crippen molar-refractivity contribution in [2.24, 2.45) is 0 Å². The number of rotatable bonds is 1. The molecule has 0 fully saturated rings. The number of phenolic OH excluding ortho intramolecular Hbond substituents is 1. The Hall–Kier alpha value is -2.10. The zero-order valence-corrected chi connectivity index (χ0v) is 9.00. The summed E-state index contributed by atoms with van der Waals surface area (Å²) in [6.45, 7) is 3.15. The van der Waals surface area contributed by atoms with Crippen LogP contribution >= 0.6 is 0 Å². The smallest absolute Gasteiger partial charge is 0.248 e. The summed E-state index contributed by atoms with van der Waals surface area (Å²) in [5.74, 6) is -0.384. The summed E-state index contributed by atoms with van der Waals surface area (Å²) in [5, 5.41) is 10.4. The quantitative estimate of drug-likeness (QED) is 0.715. The van der Waals surface area contributed by atoms with Crippen molar-refractivity contribution in [3.05, 3.63) is 39.7 Å². The second kappa shape index (κ2) is 3.48. The molecule has 1 aromatic heterocycles. The summed E-state index contributed by atoms with van der Waals surface area (Å²) < 4.78 is 0. The molecule has 2 N–H and O–H groups in total. The second-order valence-electron chi connectivity index (χ2n) is 3.76. The van der Waals surface area contributed by atoms with Gasteiger partial charge in [-0.05, 0) is 31.5 Å². The summed E-state index contributed by atoms with van der Waals surface area (Å²) in [7, 11) is 0. The number of aryl methyl sites for hydroxylation is 1. The summed E-state index contributed by atoms with van der Waals surface area (Å²) in [5.41, 5.74) is 1.06. The monoisotopic (exact) mass is 217 g/mol. The molecular formula is C12H11NO3. The van der Waals surface area contributed by atoms with Crippen LogP contribution in [0.15, 0.2) is 23.0 Å². The molecule has 0 radical (unpaired) electrons. The van der Waals surface area contributed by atoms with Crippen LogP contribution in [0.4, 0.5) is 0 Å². The van der Waals surface area contributed by atoms with E-state index in [1.807, 2.05) is 0 Å². The molecule has 0 amide bonds. The number of hydrogen-bond acceptors (Lipinski definition) is 3. The fraction of sp³-hybridized carbons (Fsp3) is 0.167. The Balaban J connectivity index is 3.03. The van der Waals surface area contributed by atoms with Gasteiger partial charge in [-0.3, -0.25) is 9.59 Å². The maximum Gasteiger partial charge on any atom is 0.248 e. The number of pyridine rings is 1. The number of carbonyl (C=O) groups is 1. The van der Waals surface area contributed by atoms with Crippen LogP contribution in [0.3, 0.4) is 0 Å². The molecule has 16 heavy (non-hydrogen) atoms. The van der Waals surface area contributed by atoms with E-state index in [4.69, 9.17) is 0 Å². The number of Topliss-reactive ketones (excluding diaryl/α,β-unsaturated/α-hetero) is 1. The lowest BCUT2D eigenvalue weighted by Gasteiger charge is -2.07. The maximum absolute atomic E-state index is 11.4. The SMILES string of the molecule is CC(=O)c1c(O)ccc2c(C)cc(=O)[nH]c12. The van der Waals surface area contributed by atoms with Gasteiger partial charge in [-0.25, -0.2) is 0 Å². The number of benzene rings is 1. The number of H-pyrrole nitrogens is 1. The van der Waals surface area contributed by atoms with Crippen LogP contribution in [0.2, 0.25) is 0 Å². The predicted molar refractivity (Wildman–Crippen MR) is 61.0 cm³/mol. The Labute approximate surface area is 91.5 Å². The van der Waals surface area contributed by atoms with Crippen molar-refractivity contribution >= 4 is 16.7 Å². The van der Waals surface area contributed by atoms with Gasteiger partial charge in [0.05, 0.1) is 11.1 Å².